The maximum atomic E-state index is 12.4. The second-order valence-corrected chi connectivity index (χ2v) is 4.99. The minimum Gasteiger partial charge on any atom is -0.476 e. The van der Waals surface area contributed by atoms with Gasteiger partial charge in [-0.2, -0.15) is 13.2 Å². The van der Waals surface area contributed by atoms with Crippen LogP contribution in [0.1, 0.15) is 38.2 Å². The summed E-state index contributed by atoms with van der Waals surface area (Å²) in [6.45, 7) is 3.45. The summed E-state index contributed by atoms with van der Waals surface area (Å²) in [7, 11) is 0. The Kier molecular flexibility index (Phi) is 11.5. The average Bonchev–Trinajstić information content (AvgIpc) is 2.51. The summed E-state index contributed by atoms with van der Waals surface area (Å²) in [4.78, 5) is 7.77. The second-order valence-electron chi connectivity index (χ2n) is 4.99. The number of aliphatic imine (C=N–C) groups is 1. The quantitative estimate of drug-likeness (QED) is 0.256. The first-order valence-electron chi connectivity index (χ1n) is 7.63. The van der Waals surface area contributed by atoms with Gasteiger partial charge < -0.3 is 15.8 Å². The van der Waals surface area contributed by atoms with Gasteiger partial charge in [-0.25, -0.2) is 4.98 Å². The molecule has 24 heavy (non-hydrogen) atoms. The number of unbranched alkanes of at least 4 members (excludes halogenated alkanes) is 3. The van der Waals surface area contributed by atoms with Crippen molar-refractivity contribution in [3.63, 3.8) is 0 Å². The molecule has 0 aromatic carbocycles. The number of guanidine groups is 1. The molecule has 0 radical (unpaired) electrons. The van der Waals surface area contributed by atoms with Crippen molar-refractivity contribution in [2.75, 3.05) is 19.7 Å². The van der Waals surface area contributed by atoms with Crippen LogP contribution in [-0.2, 0) is 6.18 Å². The first-order valence-corrected chi connectivity index (χ1v) is 7.63. The highest BCUT2D eigenvalue weighted by molar-refractivity contribution is 14.0. The largest absolute Gasteiger partial charge is 0.476 e. The van der Waals surface area contributed by atoms with Crippen molar-refractivity contribution in [2.45, 2.75) is 38.8 Å². The van der Waals surface area contributed by atoms with E-state index in [9.17, 15) is 13.2 Å². The molecule has 0 bridgehead atoms. The molecule has 0 aliphatic rings. The number of hydrogen-bond donors (Lipinski definition) is 2. The van der Waals surface area contributed by atoms with Crippen molar-refractivity contribution in [2.24, 2.45) is 10.7 Å². The van der Waals surface area contributed by atoms with Crippen LogP contribution in [0.5, 0.6) is 5.88 Å². The predicted octanol–water partition coefficient (Wildman–Crippen LogP) is 3.58. The van der Waals surface area contributed by atoms with E-state index in [4.69, 9.17) is 10.5 Å². The first kappa shape index (κ1) is 22.7. The third-order valence-corrected chi connectivity index (χ3v) is 3.02. The van der Waals surface area contributed by atoms with E-state index < -0.39 is 11.7 Å². The Morgan fingerprint density at radius 1 is 1.29 bits per heavy atom. The van der Waals surface area contributed by atoms with Crippen LogP contribution in [0.25, 0.3) is 0 Å². The lowest BCUT2D eigenvalue weighted by Gasteiger charge is -2.09. The highest BCUT2D eigenvalue weighted by atomic mass is 127. The molecule has 0 atom stereocenters. The lowest BCUT2D eigenvalue weighted by atomic mass is 10.2. The third-order valence-electron chi connectivity index (χ3n) is 3.02. The summed E-state index contributed by atoms with van der Waals surface area (Å²) in [6, 6.07) is 2.12. The molecule has 1 aromatic heterocycles. The maximum absolute atomic E-state index is 12.4. The van der Waals surface area contributed by atoms with E-state index in [2.05, 4.69) is 22.2 Å². The van der Waals surface area contributed by atoms with E-state index in [-0.39, 0.29) is 36.5 Å². The highest BCUT2D eigenvalue weighted by Gasteiger charge is 2.30. The fraction of sp³-hybridized carbons (Fsp3) is 0.600. The Morgan fingerprint density at radius 3 is 2.62 bits per heavy atom. The van der Waals surface area contributed by atoms with Crippen LogP contribution in [0, 0.1) is 0 Å². The van der Waals surface area contributed by atoms with Gasteiger partial charge in [0.15, 0.2) is 5.96 Å². The van der Waals surface area contributed by atoms with Gasteiger partial charge in [-0.05, 0) is 12.5 Å². The number of aromatic nitrogens is 1. The molecule has 138 valence electrons. The summed E-state index contributed by atoms with van der Waals surface area (Å²) in [5.41, 5.74) is 4.88. The molecule has 0 saturated heterocycles. The fourth-order valence-corrected chi connectivity index (χ4v) is 1.76. The number of halogens is 4. The van der Waals surface area contributed by atoms with Gasteiger partial charge in [-0.1, -0.05) is 26.2 Å². The molecule has 5 nitrogen and oxygen atoms in total. The van der Waals surface area contributed by atoms with E-state index in [0.717, 1.165) is 25.1 Å². The number of hydrogen-bond acceptors (Lipinski definition) is 3. The van der Waals surface area contributed by atoms with E-state index in [1.807, 2.05) is 0 Å². The number of nitrogens with zero attached hydrogens (tertiary/aromatic N) is 2. The molecule has 9 heteroatoms. The zero-order valence-electron chi connectivity index (χ0n) is 13.6. The molecule has 0 unspecified atom stereocenters. The van der Waals surface area contributed by atoms with Gasteiger partial charge in [0.05, 0.1) is 12.1 Å². The minimum absolute atomic E-state index is 0. The number of nitrogens with two attached hydrogens (primary N) is 1. The molecule has 1 rings (SSSR count). The van der Waals surface area contributed by atoms with Gasteiger partial charge in [-0.3, -0.25) is 4.99 Å². The minimum atomic E-state index is -4.39. The topological polar surface area (TPSA) is 72.5 Å². The van der Waals surface area contributed by atoms with Crippen molar-refractivity contribution >= 4 is 29.9 Å². The molecule has 3 N–H and O–H groups in total. The first-order chi connectivity index (χ1) is 10.9. The van der Waals surface area contributed by atoms with E-state index in [0.29, 0.717) is 19.0 Å². The summed E-state index contributed by atoms with van der Waals surface area (Å²) in [5, 5.41) is 2.87. The second kappa shape index (κ2) is 12.2. The summed E-state index contributed by atoms with van der Waals surface area (Å²) in [6.07, 6.45) is 0.853. The molecule has 1 heterocycles. The molecule has 1 aromatic rings. The molecule has 0 spiro atoms. The summed E-state index contributed by atoms with van der Waals surface area (Å²) in [5.74, 6) is 0.473. The Morgan fingerprint density at radius 2 is 2.04 bits per heavy atom. The molecular formula is C15H24F3IN4O. The maximum Gasteiger partial charge on any atom is 0.417 e. The molecule has 0 aliphatic carbocycles. The third kappa shape index (κ3) is 9.78. The van der Waals surface area contributed by atoms with E-state index in [1.165, 1.54) is 18.9 Å². The van der Waals surface area contributed by atoms with Crippen molar-refractivity contribution in [1.82, 2.24) is 10.3 Å². The number of nitrogens with one attached hydrogen (secondary N) is 1. The van der Waals surface area contributed by atoms with Crippen molar-refractivity contribution in [3.8, 4) is 5.88 Å². The Labute approximate surface area is 157 Å². The Balaban J connectivity index is 0.00000529. The highest BCUT2D eigenvalue weighted by Crippen LogP contribution is 2.29. The fourth-order valence-electron chi connectivity index (χ4n) is 1.76. The number of alkyl halides is 3. The number of rotatable bonds is 9. The van der Waals surface area contributed by atoms with Gasteiger partial charge >= 0.3 is 6.18 Å². The van der Waals surface area contributed by atoms with Crippen LogP contribution >= 0.6 is 24.0 Å². The Hall–Kier alpha value is -1.26. The number of pyridine rings is 1. The van der Waals surface area contributed by atoms with Gasteiger partial charge in [-0.15, -0.1) is 24.0 Å². The normalized spacial score (nSPS) is 11.8. The van der Waals surface area contributed by atoms with Gasteiger partial charge in [0.25, 0.3) is 0 Å². The predicted molar refractivity (Wildman–Crippen MR) is 98.8 cm³/mol. The lowest BCUT2D eigenvalue weighted by molar-refractivity contribution is -0.137. The van der Waals surface area contributed by atoms with Crippen LogP contribution in [-0.4, -0.2) is 30.6 Å². The van der Waals surface area contributed by atoms with Crippen LogP contribution in [0.2, 0.25) is 0 Å². The smallest absolute Gasteiger partial charge is 0.417 e. The van der Waals surface area contributed by atoms with Gasteiger partial charge in [0.1, 0.15) is 6.61 Å². The van der Waals surface area contributed by atoms with E-state index >= 15 is 0 Å². The van der Waals surface area contributed by atoms with Crippen LogP contribution < -0.4 is 15.8 Å². The monoisotopic (exact) mass is 460 g/mol. The number of ether oxygens (including phenoxy) is 1. The summed E-state index contributed by atoms with van der Waals surface area (Å²) >= 11 is 0. The molecular weight excluding hydrogens is 436 g/mol. The average molecular weight is 460 g/mol. The van der Waals surface area contributed by atoms with Crippen LogP contribution in [0.4, 0.5) is 13.2 Å². The van der Waals surface area contributed by atoms with Crippen molar-refractivity contribution in [3.05, 3.63) is 23.9 Å². The van der Waals surface area contributed by atoms with Crippen LogP contribution in [0.3, 0.4) is 0 Å². The Bertz CT molecular complexity index is 481. The van der Waals surface area contributed by atoms with Crippen molar-refractivity contribution < 1.29 is 17.9 Å². The molecule has 0 fully saturated rings. The van der Waals surface area contributed by atoms with E-state index in [1.54, 1.807) is 0 Å². The molecule has 0 amide bonds. The SMILES string of the molecule is CCCCCCN=C(N)NCCOc1ccc(C(F)(F)F)cn1.I. The molecule has 0 aliphatic heterocycles. The van der Waals surface area contributed by atoms with Crippen LogP contribution in [0.15, 0.2) is 23.3 Å². The molecule has 0 saturated carbocycles. The van der Waals surface area contributed by atoms with Gasteiger partial charge in [0.2, 0.25) is 5.88 Å². The zero-order valence-corrected chi connectivity index (χ0v) is 15.9. The lowest BCUT2D eigenvalue weighted by Crippen LogP contribution is -2.34. The van der Waals surface area contributed by atoms with Crippen molar-refractivity contribution in [1.29, 1.82) is 0 Å². The zero-order chi connectivity index (χ0) is 17.1. The standard InChI is InChI=1S/C15H23F3N4O.HI/c1-2-3-4-5-8-20-14(19)21-9-10-23-13-7-6-12(11-22-13)15(16,17)18;/h6-7,11H,2-5,8-10H2,1H3,(H3,19,20,21);1H. The van der Waals surface area contributed by atoms with Gasteiger partial charge in [0, 0.05) is 18.8 Å². The summed E-state index contributed by atoms with van der Waals surface area (Å²) < 4.78 is 42.3.